The van der Waals surface area contributed by atoms with Gasteiger partial charge in [-0.2, -0.15) is 0 Å². The zero-order chi connectivity index (χ0) is 30.2. The van der Waals surface area contributed by atoms with Crippen LogP contribution in [0, 0.1) is 0 Å². The van der Waals surface area contributed by atoms with Crippen LogP contribution < -0.4 is 0 Å². The average molecular weight is 589 g/mol. The molecule has 6 aromatic carbocycles. The fourth-order valence-corrected chi connectivity index (χ4v) is 6.99. The first-order valence-corrected chi connectivity index (χ1v) is 15.3. The van der Waals surface area contributed by atoms with Crippen LogP contribution in [-0.4, -0.2) is 29.3 Å². The minimum absolute atomic E-state index is 0.828. The summed E-state index contributed by atoms with van der Waals surface area (Å²) in [5, 5.41) is 4.64. The second kappa shape index (κ2) is 9.55. The van der Waals surface area contributed by atoms with Crippen molar-refractivity contribution in [1.82, 2.24) is 29.3 Å². The number of para-hydroxylation sites is 8. The van der Waals surface area contributed by atoms with Crippen LogP contribution in [0.1, 0.15) is 0 Å². The van der Waals surface area contributed by atoms with Gasteiger partial charge in [0.25, 0.3) is 0 Å². The quantitative estimate of drug-likeness (QED) is 0.206. The van der Waals surface area contributed by atoms with Gasteiger partial charge in [-0.05, 0) is 36.4 Å². The van der Waals surface area contributed by atoms with Gasteiger partial charge in [-0.25, -0.2) is 19.3 Å². The summed E-state index contributed by atoms with van der Waals surface area (Å²) < 4.78 is 4.72. The summed E-state index contributed by atoms with van der Waals surface area (Å²) in [5.41, 5.74) is 11.5. The highest BCUT2D eigenvalue weighted by Crippen LogP contribution is 2.41. The van der Waals surface area contributed by atoms with Crippen LogP contribution in [0.3, 0.4) is 0 Å². The Bertz CT molecular complexity index is 2630. The van der Waals surface area contributed by atoms with Crippen molar-refractivity contribution in [3.8, 4) is 22.5 Å². The van der Waals surface area contributed by atoms with Crippen LogP contribution >= 0.6 is 0 Å². The number of fused-ring (bicyclic) bond motifs is 8. The van der Waals surface area contributed by atoms with E-state index in [0.717, 1.165) is 77.4 Å². The van der Waals surface area contributed by atoms with Gasteiger partial charge in [-0.3, -0.25) is 9.97 Å². The average Bonchev–Trinajstić information content (AvgIpc) is 3.64. The molecule has 214 valence electrons. The van der Waals surface area contributed by atoms with E-state index < -0.39 is 0 Å². The molecule has 6 heteroatoms. The Morgan fingerprint density at radius 3 is 1.22 bits per heavy atom. The van der Waals surface area contributed by atoms with Gasteiger partial charge in [-0.15, -0.1) is 0 Å². The topological polar surface area (TPSA) is 61.4 Å². The lowest BCUT2D eigenvalue weighted by molar-refractivity contribution is 0.775. The first kappa shape index (κ1) is 25.0. The predicted molar refractivity (Wildman–Crippen MR) is 187 cm³/mol. The maximum atomic E-state index is 5.10. The Balaban J connectivity index is 1.38. The van der Waals surface area contributed by atoms with Crippen LogP contribution in [0.15, 0.2) is 146 Å². The van der Waals surface area contributed by atoms with Crippen molar-refractivity contribution in [2.24, 2.45) is 0 Å². The zero-order valence-electron chi connectivity index (χ0n) is 24.5. The highest BCUT2D eigenvalue weighted by atomic mass is 15.5. The van der Waals surface area contributed by atoms with E-state index in [1.165, 1.54) is 10.8 Å². The summed E-state index contributed by atoms with van der Waals surface area (Å²) in [6, 6.07) is 46.2. The number of aromatic nitrogens is 6. The highest BCUT2D eigenvalue weighted by Gasteiger charge is 2.23. The molecule has 46 heavy (non-hydrogen) atoms. The van der Waals surface area contributed by atoms with E-state index in [1.807, 2.05) is 60.9 Å². The second-order valence-electron chi connectivity index (χ2n) is 11.5. The molecule has 0 unspecified atom stereocenters. The van der Waals surface area contributed by atoms with Crippen molar-refractivity contribution in [3.63, 3.8) is 0 Å². The number of rotatable bonds is 3. The summed E-state index contributed by atoms with van der Waals surface area (Å²) >= 11 is 0. The Labute approximate surface area is 262 Å². The Kier molecular flexibility index (Phi) is 5.19. The molecular weight excluding hydrogens is 564 g/mol. The number of hydrogen-bond donors (Lipinski definition) is 0. The third kappa shape index (κ3) is 3.52. The highest BCUT2D eigenvalue weighted by molar-refractivity contribution is 6.16. The molecule has 0 saturated heterocycles. The van der Waals surface area contributed by atoms with Crippen LogP contribution in [0.5, 0.6) is 0 Å². The van der Waals surface area contributed by atoms with E-state index in [0.29, 0.717) is 0 Å². The Morgan fingerprint density at radius 2 is 0.739 bits per heavy atom. The predicted octanol–water partition coefficient (Wildman–Crippen LogP) is 9.43. The molecule has 0 bridgehead atoms. The third-order valence-corrected chi connectivity index (χ3v) is 8.99. The number of hydrogen-bond acceptors (Lipinski definition) is 4. The summed E-state index contributed by atoms with van der Waals surface area (Å²) in [4.78, 5) is 19.8. The molecule has 0 aliphatic carbocycles. The monoisotopic (exact) mass is 588 g/mol. The van der Waals surface area contributed by atoms with Crippen LogP contribution in [0.4, 0.5) is 0 Å². The van der Waals surface area contributed by atoms with Gasteiger partial charge in [0.1, 0.15) is 0 Å². The Morgan fingerprint density at radius 1 is 0.348 bits per heavy atom. The molecular formula is C40H24N6. The molecule has 0 aliphatic rings. The first-order valence-electron chi connectivity index (χ1n) is 15.3. The molecule has 10 rings (SSSR count). The lowest BCUT2D eigenvalue weighted by Gasteiger charge is -2.17. The fourth-order valence-electron chi connectivity index (χ4n) is 6.99. The molecule has 0 spiro atoms. The van der Waals surface area contributed by atoms with Crippen molar-refractivity contribution in [3.05, 3.63) is 146 Å². The van der Waals surface area contributed by atoms with Gasteiger partial charge in [0.2, 0.25) is 0 Å². The number of nitrogens with zero attached hydrogens (tertiary/aromatic N) is 6. The van der Waals surface area contributed by atoms with E-state index in [4.69, 9.17) is 19.9 Å². The summed E-state index contributed by atoms with van der Waals surface area (Å²) in [6.45, 7) is 0. The molecule has 4 aromatic heterocycles. The summed E-state index contributed by atoms with van der Waals surface area (Å²) in [7, 11) is 0. The van der Waals surface area contributed by atoms with Crippen LogP contribution in [0.2, 0.25) is 0 Å². The fraction of sp³-hybridized carbons (Fsp3) is 0. The minimum Gasteiger partial charge on any atom is -0.252 e. The maximum Gasteiger partial charge on any atom is 0.0914 e. The van der Waals surface area contributed by atoms with E-state index in [9.17, 15) is 0 Å². The second-order valence-corrected chi connectivity index (χ2v) is 11.5. The Hall–Kier alpha value is -6.40. The van der Waals surface area contributed by atoms with Crippen molar-refractivity contribution < 1.29 is 0 Å². The molecule has 0 fully saturated rings. The van der Waals surface area contributed by atoms with Gasteiger partial charge in [-0.1, -0.05) is 97.1 Å². The molecule has 0 atom stereocenters. The normalized spacial score (nSPS) is 11.9. The lowest BCUT2D eigenvalue weighted by atomic mass is 10.1. The van der Waals surface area contributed by atoms with Gasteiger partial charge in [0.05, 0.1) is 67.9 Å². The van der Waals surface area contributed by atoms with Crippen LogP contribution in [0.25, 0.3) is 88.2 Å². The molecule has 0 aliphatic heterocycles. The van der Waals surface area contributed by atoms with Crippen molar-refractivity contribution >= 4 is 65.7 Å². The molecule has 6 nitrogen and oxygen atoms in total. The molecule has 0 amide bonds. The van der Waals surface area contributed by atoms with E-state index in [-0.39, 0.29) is 0 Å². The SMILES string of the molecule is c1ccc2nc(-c3cccc4c5ccccc5n(-n5c6ccccc6c6cccc(-c7cnc8ccccc8n7)c65)c34)cnc2c1. The van der Waals surface area contributed by atoms with Gasteiger partial charge < -0.3 is 0 Å². The van der Waals surface area contributed by atoms with E-state index in [1.54, 1.807) is 0 Å². The van der Waals surface area contributed by atoms with Gasteiger partial charge >= 0.3 is 0 Å². The van der Waals surface area contributed by atoms with Gasteiger partial charge in [0, 0.05) is 32.7 Å². The summed E-state index contributed by atoms with van der Waals surface area (Å²) in [6.07, 6.45) is 3.78. The molecule has 4 heterocycles. The van der Waals surface area contributed by atoms with Crippen molar-refractivity contribution in [2.45, 2.75) is 0 Å². The number of benzene rings is 6. The molecule has 0 N–H and O–H groups in total. The van der Waals surface area contributed by atoms with Crippen molar-refractivity contribution in [1.29, 1.82) is 0 Å². The summed E-state index contributed by atoms with van der Waals surface area (Å²) in [5.74, 6) is 0. The van der Waals surface area contributed by atoms with Crippen molar-refractivity contribution in [2.75, 3.05) is 0 Å². The smallest absolute Gasteiger partial charge is 0.0914 e. The zero-order valence-corrected chi connectivity index (χ0v) is 24.5. The molecule has 10 aromatic rings. The molecule has 0 radical (unpaired) electrons. The molecule has 0 saturated carbocycles. The minimum atomic E-state index is 0.828. The lowest BCUT2D eigenvalue weighted by Crippen LogP contribution is -2.10. The van der Waals surface area contributed by atoms with E-state index in [2.05, 4.69) is 94.3 Å². The van der Waals surface area contributed by atoms with Gasteiger partial charge in [0.15, 0.2) is 0 Å². The third-order valence-electron chi connectivity index (χ3n) is 8.99. The standard InChI is InChI=1S/C40H24N6/c1-7-21-37-25(11-1)27-13-9-15-29(35-23-41-31-17-3-5-19-33(31)43-35)39(27)45(37)46-38-22-8-2-12-26(38)28-14-10-16-30(40(28)46)36-24-42-32-18-4-6-20-34(32)44-36/h1-24H. The maximum absolute atomic E-state index is 5.10. The van der Waals surface area contributed by atoms with Crippen LogP contribution in [-0.2, 0) is 0 Å². The largest absolute Gasteiger partial charge is 0.252 e. The van der Waals surface area contributed by atoms with E-state index >= 15 is 0 Å². The first-order chi connectivity index (χ1) is 22.8.